The van der Waals surface area contributed by atoms with Gasteiger partial charge in [0, 0.05) is 30.9 Å². The van der Waals surface area contributed by atoms with E-state index in [1.165, 1.54) is 28.9 Å². The van der Waals surface area contributed by atoms with Gasteiger partial charge in [-0.1, -0.05) is 6.07 Å². The Morgan fingerprint density at radius 2 is 1.89 bits per heavy atom. The maximum Gasteiger partial charge on any atom is 0.394 e. The topological polar surface area (TPSA) is 131 Å². The summed E-state index contributed by atoms with van der Waals surface area (Å²) in [5.74, 6) is 0.688. The molecule has 242 valence electrons. The highest BCUT2D eigenvalue weighted by molar-refractivity contribution is 7.90. The van der Waals surface area contributed by atoms with Crippen LogP contribution in [0.25, 0.3) is 5.82 Å². The van der Waals surface area contributed by atoms with Crippen LogP contribution >= 0.6 is 0 Å². The van der Waals surface area contributed by atoms with Gasteiger partial charge in [-0.25, -0.2) is 19.4 Å². The molecule has 2 N–H and O–H groups in total. The Morgan fingerprint density at radius 3 is 2.62 bits per heavy atom. The van der Waals surface area contributed by atoms with Crippen LogP contribution in [0.3, 0.4) is 0 Å². The fourth-order valence-electron chi connectivity index (χ4n) is 6.26. The van der Waals surface area contributed by atoms with Gasteiger partial charge >= 0.3 is 6.18 Å². The van der Waals surface area contributed by atoms with E-state index in [9.17, 15) is 26.4 Å². The van der Waals surface area contributed by atoms with Crippen molar-refractivity contribution in [2.45, 2.75) is 76.0 Å². The molecule has 1 aliphatic carbocycles. The van der Waals surface area contributed by atoms with Gasteiger partial charge in [0.1, 0.15) is 11.6 Å². The number of fused-ring (bicyclic) bond motifs is 6. The molecule has 2 fully saturated rings. The average Bonchev–Trinajstić information content (AvgIpc) is 3.51. The number of rotatable bonds is 5. The molecule has 0 spiro atoms. The number of carbonyl (C=O) groups excluding carboxylic acids is 1. The molecule has 1 saturated heterocycles. The van der Waals surface area contributed by atoms with Crippen LogP contribution in [0.15, 0.2) is 41.6 Å². The minimum absolute atomic E-state index is 0.0712. The number of hydrogen-bond acceptors (Lipinski definition) is 9. The van der Waals surface area contributed by atoms with E-state index in [2.05, 4.69) is 34.0 Å². The second-order valence-electron chi connectivity index (χ2n) is 12.8. The van der Waals surface area contributed by atoms with E-state index in [0.717, 1.165) is 24.8 Å². The molecular weight excluding hydrogens is 611 g/mol. The molecule has 2 aliphatic heterocycles. The van der Waals surface area contributed by atoms with Gasteiger partial charge in [0.2, 0.25) is 5.88 Å². The highest BCUT2D eigenvalue weighted by Crippen LogP contribution is 2.59. The lowest BCUT2D eigenvalue weighted by molar-refractivity contribution is -0.190. The predicted molar refractivity (Wildman–Crippen MR) is 160 cm³/mol. The molecule has 0 aromatic carbocycles. The number of ether oxygens (including phenoxy) is 1. The van der Waals surface area contributed by atoms with E-state index in [1.54, 1.807) is 12.3 Å². The summed E-state index contributed by atoms with van der Waals surface area (Å²) in [6.07, 6.45) is -0.0268. The van der Waals surface area contributed by atoms with Gasteiger partial charge in [0.25, 0.3) is 15.9 Å². The maximum absolute atomic E-state index is 13.6. The molecule has 0 unspecified atom stereocenters. The van der Waals surface area contributed by atoms with Gasteiger partial charge in [-0.05, 0) is 89.0 Å². The van der Waals surface area contributed by atoms with Crippen LogP contribution in [0, 0.1) is 18.3 Å². The molecule has 3 aliphatic rings. The van der Waals surface area contributed by atoms with Crippen molar-refractivity contribution in [2.75, 3.05) is 29.9 Å². The molecule has 1 amide bonds. The molecule has 11 nitrogen and oxygen atoms in total. The fourth-order valence-corrected chi connectivity index (χ4v) is 7.17. The van der Waals surface area contributed by atoms with Gasteiger partial charge in [-0.2, -0.15) is 21.6 Å². The van der Waals surface area contributed by atoms with Crippen molar-refractivity contribution in [1.29, 1.82) is 0 Å². The Morgan fingerprint density at radius 1 is 1.11 bits per heavy atom. The third kappa shape index (κ3) is 6.18. The van der Waals surface area contributed by atoms with Crippen LogP contribution < -0.4 is 19.7 Å². The highest BCUT2D eigenvalue weighted by Gasteiger charge is 2.62. The van der Waals surface area contributed by atoms with E-state index in [0.29, 0.717) is 36.5 Å². The summed E-state index contributed by atoms with van der Waals surface area (Å²) in [5, 5.41) is 7.31. The molecule has 4 bridgehead atoms. The summed E-state index contributed by atoms with van der Waals surface area (Å²) < 4.78 is 75.5. The predicted octanol–water partition coefficient (Wildman–Crippen LogP) is 5.01. The molecule has 45 heavy (non-hydrogen) atoms. The van der Waals surface area contributed by atoms with Gasteiger partial charge < -0.3 is 15.0 Å². The van der Waals surface area contributed by atoms with Crippen molar-refractivity contribution in [1.82, 2.24) is 24.5 Å². The van der Waals surface area contributed by atoms with Gasteiger partial charge in [-0.15, -0.1) is 5.10 Å². The minimum Gasteiger partial charge on any atom is -0.477 e. The molecule has 1 saturated carbocycles. The van der Waals surface area contributed by atoms with Crippen molar-refractivity contribution in [3.05, 3.63) is 47.7 Å². The molecule has 3 aromatic heterocycles. The number of hydrogen-bond donors (Lipinski definition) is 2. The number of aromatic nitrogens is 4. The molecule has 6 rings (SSSR count). The zero-order valence-corrected chi connectivity index (χ0v) is 26.1. The zero-order chi connectivity index (χ0) is 32.2. The van der Waals surface area contributed by atoms with Gasteiger partial charge in [0.05, 0.1) is 17.6 Å². The number of halogens is 3. The molecule has 1 atom stereocenters. The van der Waals surface area contributed by atoms with E-state index >= 15 is 0 Å². The van der Waals surface area contributed by atoms with E-state index in [4.69, 9.17) is 9.72 Å². The summed E-state index contributed by atoms with van der Waals surface area (Å²) in [4.78, 5) is 24.7. The van der Waals surface area contributed by atoms with Crippen molar-refractivity contribution in [3.63, 3.8) is 0 Å². The average molecular weight is 648 g/mol. The van der Waals surface area contributed by atoms with Crippen LogP contribution in [-0.4, -0.2) is 65.5 Å². The number of pyridine rings is 2. The normalized spacial score (nSPS) is 22.0. The molecule has 0 radical (unpaired) electrons. The number of alkyl halides is 3. The largest absolute Gasteiger partial charge is 0.477 e. The first-order chi connectivity index (χ1) is 21.2. The maximum atomic E-state index is 13.6. The third-order valence-electron chi connectivity index (χ3n) is 9.06. The molecule has 3 aromatic rings. The van der Waals surface area contributed by atoms with Crippen LogP contribution in [-0.2, 0) is 10.0 Å². The summed E-state index contributed by atoms with van der Waals surface area (Å²) in [7, 11) is -4.32. The fraction of sp³-hybridized carbons (Fsp3) is 0.533. The first-order valence-electron chi connectivity index (χ1n) is 15.0. The Labute approximate surface area is 259 Å². The summed E-state index contributed by atoms with van der Waals surface area (Å²) in [5.41, 5.74) is -1.20. The molecule has 5 heterocycles. The zero-order valence-electron chi connectivity index (χ0n) is 25.3. The van der Waals surface area contributed by atoms with Gasteiger partial charge in [-0.3, -0.25) is 4.79 Å². The number of amides is 1. The standard InChI is InChI=1S/C30H36F3N7O4S/c1-19-6-9-24-36-25(19)34-14-4-5-20-17-28(2,3)39(18-20)26-21(27(41)38-45(24,42)43)7-8-22(35-26)40-15-10-23(37-40)44-16-13-29(11-12-29)30(31,32)33/h6-10,15,20H,4-5,11-14,16-18H2,1-3H3,(H,34,36)(H,38,41)/t20-/m1/s1. The van der Waals surface area contributed by atoms with Crippen molar-refractivity contribution in [3.8, 4) is 11.7 Å². The number of nitrogens with zero attached hydrogens (tertiary/aromatic N) is 5. The van der Waals surface area contributed by atoms with Crippen LogP contribution in [0.2, 0.25) is 0 Å². The first kappa shape index (κ1) is 31.1. The van der Waals surface area contributed by atoms with Crippen molar-refractivity contribution in [2.24, 2.45) is 11.3 Å². The van der Waals surface area contributed by atoms with E-state index in [-0.39, 0.29) is 42.3 Å². The summed E-state index contributed by atoms with van der Waals surface area (Å²) >= 11 is 0. The van der Waals surface area contributed by atoms with Crippen LogP contribution in [0.1, 0.15) is 68.3 Å². The third-order valence-corrected chi connectivity index (χ3v) is 10.3. The Bertz CT molecular complexity index is 1720. The second-order valence-corrected chi connectivity index (χ2v) is 14.5. The number of carbonyl (C=O) groups is 1. The monoisotopic (exact) mass is 647 g/mol. The van der Waals surface area contributed by atoms with Crippen LogP contribution in [0.4, 0.5) is 24.8 Å². The SMILES string of the molecule is Cc1ccc2nc1NCCC[C@H]1CN(c3nc(-n4ccc(OCCC5(C(F)(F)F)CC5)n4)ccc3C(=O)NS2(=O)=O)C(C)(C)C1. The lowest BCUT2D eigenvalue weighted by Crippen LogP contribution is -2.41. The van der Waals surface area contributed by atoms with Crippen molar-refractivity contribution >= 4 is 27.6 Å². The minimum atomic E-state index is -4.32. The van der Waals surface area contributed by atoms with Crippen LogP contribution in [0.5, 0.6) is 5.88 Å². The number of sulfonamides is 1. The quantitative estimate of drug-likeness (QED) is 0.392. The Balaban J connectivity index is 1.31. The molecular formula is C30H36F3N7O4S. The highest BCUT2D eigenvalue weighted by atomic mass is 32.2. The lowest BCUT2D eigenvalue weighted by Gasteiger charge is -2.34. The smallest absolute Gasteiger partial charge is 0.394 e. The lowest BCUT2D eigenvalue weighted by atomic mass is 9.93. The van der Waals surface area contributed by atoms with Crippen molar-refractivity contribution < 1.29 is 31.1 Å². The number of nitrogens with one attached hydrogen (secondary N) is 2. The van der Waals surface area contributed by atoms with E-state index in [1.807, 2.05) is 11.8 Å². The first-order valence-corrected chi connectivity index (χ1v) is 16.5. The summed E-state index contributed by atoms with van der Waals surface area (Å²) in [6.45, 7) is 7.05. The number of aryl methyl sites for hydroxylation is 1. The second kappa shape index (κ2) is 11.2. The number of anilines is 2. The Hall–Kier alpha value is -3.88. The van der Waals surface area contributed by atoms with Gasteiger partial charge in [0.15, 0.2) is 10.8 Å². The molecule has 15 heteroatoms. The summed E-state index contributed by atoms with van der Waals surface area (Å²) in [6, 6.07) is 7.58. The Kier molecular flexibility index (Phi) is 7.73. The van der Waals surface area contributed by atoms with E-state index < -0.39 is 33.1 Å².